The van der Waals surface area contributed by atoms with Crippen LogP contribution < -0.4 is 0 Å². The van der Waals surface area contributed by atoms with Crippen molar-refractivity contribution in [1.82, 2.24) is 0 Å². The number of rotatable bonds is 2. The van der Waals surface area contributed by atoms with Crippen LogP contribution in [0.25, 0.3) is 0 Å². The summed E-state index contributed by atoms with van der Waals surface area (Å²) in [6.07, 6.45) is 2.70. The average Bonchev–Trinajstić information content (AvgIpc) is 2.38. The van der Waals surface area contributed by atoms with Crippen molar-refractivity contribution in [3.05, 3.63) is 32.4 Å². The Morgan fingerprint density at radius 3 is 2.29 bits per heavy atom. The lowest BCUT2D eigenvalue weighted by atomic mass is 9.52. The Bertz CT molecular complexity index is 488. The normalized spacial score (nSPS) is 39.2. The molecule has 0 heterocycles. The van der Waals surface area contributed by atoms with E-state index in [1.807, 2.05) is 0 Å². The maximum Gasteiger partial charge on any atom is 0.285 e. The maximum atomic E-state index is 11.5. The molecule has 0 aromatic rings. The topological polar surface area (TPSA) is 86.3 Å². The Balaban J connectivity index is 2.32. The molecule has 2 rings (SSSR count). The van der Waals surface area contributed by atoms with Crippen molar-refractivity contribution in [2.75, 3.05) is 0 Å². The fraction of sp³-hybridized carbons (Fsp3) is 0.867. The maximum absolute atomic E-state index is 11.5. The monoisotopic (exact) mass is 296 g/mol. The van der Waals surface area contributed by atoms with E-state index in [2.05, 4.69) is 20.4 Å². The van der Waals surface area contributed by atoms with Crippen molar-refractivity contribution in [3.8, 4) is 0 Å². The van der Waals surface area contributed by atoms with Gasteiger partial charge in [-0.2, -0.15) is 0 Å². The van der Waals surface area contributed by atoms with E-state index in [0.29, 0.717) is 24.7 Å². The number of nitrogens with zero attached hydrogens (tertiary/aromatic N) is 2. The molecule has 0 bridgehead atoms. The van der Waals surface area contributed by atoms with Crippen molar-refractivity contribution in [1.29, 1.82) is 0 Å². The van der Waals surface area contributed by atoms with Crippen molar-refractivity contribution in [2.45, 2.75) is 64.5 Å². The molecule has 0 amide bonds. The minimum atomic E-state index is -1.48. The van der Waals surface area contributed by atoms with E-state index < -0.39 is 21.4 Å². The summed E-state index contributed by atoms with van der Waals surface area (Å²) in [6.45, 7) is 9.89. The first-order valence-corrected chi connectivity index (χ1v) is 7.55. The molecule has 0 radical (unpaired) electrons. The predicted molar refractivity (Wildman–Crippen MR) is 79.2 cm³/mol. The molecule has 0 saturated heterocycles. The van der Waals surface area contributed by atoms with Gasteiger partial charge in [-0.05, 0) is 36.5 Å². The standard InChI is InChI=1S/C15H24N2O4/c1-10-5-6-13(16(18)19)15(4,17(20)21)8-7-12-11(10)9-14(12,2)3/h11-13H,1,5-9H2,2-4H3. The van der Waals surface area contributed by atoms with Crippen LogP contribution in [0, 0.1) is 37.5 Å². The molecule has 2 aliphatic carbocycles. The summed E-state index contributed by atoms with van der Waals surface area (Å²) in [5, 5.41) is 22.8. The second kappa shape index (κ2) is 5.07. The zero-order chi connectivity index (χ0) is 16.0. The Morgan fingerprint density at radius 2 is 1.81 bits per heavy atom. The molecule has 4 unspecified atom stereocenters. The van der Waals surface area contributed by atoms with E-state index in [0.717, 1.165) is 12.0 Å². The van der Waals surface area contributed by atoms with E-state index in [1.165, 1.54) is 6.92 Å². The van der Waals surface area contributed by atoms with Crippen LogP contribution in [0.5, 0.6) is 0 Å². The van der Waals surface area contributed by atoms with Crippen molar-refractivity contribution in [3.63, 3.8) is 0 Å². The fourth-order valence-corrected chi connectivity index (χ4v) is 4.24. The molecule has 2 saturated carbocycles. The summed E-state index contributed by atoms with van der Waals surface area (Å²) in [4.78, 5) is 21.9. The molecule has 2 aliphatic rings. The van der Waals surface area contributed by atoms with Crippen molar-refractivity contribution < 1.29 is 9.85 Å². The van der Waals surface area contributed by atoms with Gasteiger partial charge in [0.25, 0.3) is 11.6 Å². The lowest BCUT2D eigenvalue weighted by molar-refractivity contribution is -0.651. The van der Waals surface area contributed by atoms with Gasteiger partial charge in [-0.1, -0.05) is 26.0 Å². The number of nitro groups is 2. The zero-order valence-corrected chi connectivity index (χ0v) is 13.0. The highest BCUT2D eigenvalue weighted by Crippen LogP contribution is 2.57. The Morgan fingerprint density at radius 1 is 1.19 bits per heavy atom. The van der Waals surface area contributed by atoms with Gasteiger partial charge in [-0.25, -0.2) is 0 Å². The number of hydrogen-bond donors (Lipinski definition) is 0. The first kappa shape index (κ1) is 15.9. The van der Waals surface area contributed by atoms with E-state index in [-0.39, 0.29) is 18.3 Å². The van der Waals surface area contributed by atoms with Crippen LogP contribution in [0.15, 0.2) is 12.2 Å². The number of fused-ring (bicyclic) bond motifs is 1. The van der Waals surface area contributed by atoms with Crippen LogP contribution in [0.1, 0.15) is 52.9 Å². The minimum absolute atomic E-state index is 0.152. The third kappa shape index (κ3) is 2.56. The molecule has 0 spiro atoms. The summed E-state index contributed by atoms with van der Waals surface area (Å²) in [7, 11) is 0. The third-order valence-electron chi connectivity index (χ3n) is 5.85. The molecule has 2 fully saturated rings. The van der Waals surface area contributed by atoms with Gasteiger partial charge in [0.2, 0.25) is 0 Å². The molecular weight excluding hydrogens is 272 g/mol. The Labute approximate surface area is 124 Å². The van der Waals surface area contributed by atoms with Crippen LogP contribution in [0.2, 0.25) is 0 Å². The second-order valence-corrected chi connectivity index (χ2v) is 7.56. The molecule has 4 atom stereocenters. The number of allylic oxidation sites excluding steroid dienone is 1. The highest BCUT2D eigenvalue weighted by Gasteiger charge is 2.57. The third-order valence-corrected chi connectivity index (χ3v) is 5.85. The molecule has 0 aromatic carbocycles. The Kier molecular flexibility index (Phi) is 3.84. The molecule has 6 heteroatoms. The highest BCUT2D eigenvalue weighted by molar-refractivity contribution is 5.14. The summed E-state index contributed by atoms with van der Waals surface area (Å²) in [6, 6.07) is -1.13. The van der Waals surface area contributed by atoms with E-state index in [9.17, 15) is 20.2 Å². The van der Waals surface area contributed by atoms with Gasteiger partial charge < -0.3 is 0 Å². The summed E-state index contributed by atoms with van der Waals surface area (Å²) >= 11 is 0. The predicted octanol–water partition coefficient (Wildman–Crippen LogP) is 3.46. The van der Waals surface area contributed by atoms with Crippen molar-refractivity contribution >= 4 is 0 Å². The second-order valence-electron chi connectivity index (χ2n) is 7.56. The van der Waals surface area contributed by atoms with Gasteiger partial charge in [-0.15, -0.1) is 0 Å². The quantitative estimate of drug-likeness (QED) is 0.443. The zero-order valence-electron chi connectivity index (χ0n) is 13.0. The molecule has 6 nitrogen and oxygen atoms in total. The first-order valence-electron chi connectivity index (χ1n) is 7.55. The Hall–Kier alpha value is -1.46. The molecule has 0 aromatic heterocycles. The van der Waals surface area contributed by atoms with Gasteiger partial charge in [-0.3, -0.25) is 20.2 Å². The van der Waals surface area contributed by atoms with Crippen molar-refractivity contribution in [2.24, 2.45) is 17.3 Å². The lowest BCUT2D eigenvalue weighted by Crippen LogP contribution is -2.51. The largest absolute Gasteiger partial charge is 0.285 e. The minimum Gasteiger partial charge on any atom is -0.264 e. The van der Waals surface area contributed by atoms with Gasteiger partial charge in [0, 0.05) is 29.6 Å². The molecular formula is C15H24N2O4. The fourth-order valence-electron chi connectivity index (χ4n) is 4.24. The molecule has 0 aliphatic heterocycles. The van der Waals surface area contributed by atoms with Gasteiger partial charge in [0.15, 0.2) is 0 Å². The lowest BCUT2D eigenvalue weighted by Gasteiger charge is -2.53. The smallest absolute Gasteiger partial charge is 0.264 e. The summed E-state index contributed by atoms with van der Waals surface area (Å²) in [5.74, 6) is 0.733. The van der Waals surface area contributed by atoms with Gasteiger partial charge in [0.05, 0.1) is 0 Å². The van der Waals surface area contributed by atoms with Crippen LogP contribution in [0.4, 0.5) is 0 Å². The van der Waals surface area contributed by atoms with Crippen LogP contribution >= 0.6 is 0 Å². The first-order chi connectivity index (χ1) is 9.59. The number of hydrogen-bond acceptors (Lipinski definition) is 4. The average molecular weight is 296 g/mol. The van der Waals surface area contributed by atoms with Gasteiger partial charge in [0.1, 0.15) is 0 Å². The molecule has 0 N–H and O–H groups in total. The van der Waals surface area contributed by atoms with Crippen LogP contribution in [-0.2, 0) is 0 Å². The molecule has 21 heavy (non-hydrogen) atoms. The summed E-state index contributed by atoms with van der Waals surface area (Å²) in [5.41, 5.74) is -0.289. The van der Waals surface area contributed by atoms with E-state index in [4.69, 9.17) is 0 Å². The van der Waals surface area contributed by atoms with Gasteiger partial charge >= 0.3 is 0 Å². The van der Waals surface area contributed by atoms with Crippen LogP contribution in [-0.4, -0.2) is 21.4 Å². The summed E-state index contributed by atoms with van der Waals surface area (Å²) < 4.78 is 0. The van der Waals surface area contributed by atoms with E-state index in [1.54, 1.807) is 0 Å². The molecule has 118 valence electrons. The highest BCUT2D eigenvalue weighted by atomic mass is 16.6. The van der Waals surface area contributed by atoms with Crippen LogP contribution in [0.3, 0.4) is 0 Å². The van der Waals surface area contributed by atoms with E-state index >= 15 is 0 Å². The SMILES string of the molecule is C=C1CCC([N+](=O)[O-])C(C)([N+](=O)[O-])CCC2C1CC2(C)C.